The molecule has 120 valence electrons. The maximum absolute atomic E-state index is 11.7. The Bertz CT molecular complexity index is 337. The zero-order valence-corrected chi connectivity index (χ0v) is 12.7. The third-order valence-electron chi connectivity index (χ3n) is 3.95. The molecule has 1 amide bonds. The molecule has 5 heteroatoms. The molecule has 1 unspecified atom stereocenters. The molecular formula is C16H27NO4. The third-order valence-corrected chi connectivity index (χ3v) is 3.95. The molecule has 1 aliphatic carbocycles. The molecule has 1 rings (SSSR count). The molecular weight excluding hydrogens is 270 g/mol. The van der Waals surface area contributed by atoms with E-state index >= 15 is 0 Å². The molecule has 1 saturated carbocycles. The van der Waals surface area contributed by atoms with Crippen molar-refractivity contribution >= 4 is 12.1 Å². The summed E-state index contributed by atoms with van der Waals surface area (Å²) >= 11 is 0. The molecule has 5 nitrogen and oxygen atoms in total. The van der Waals surface area contributed by atoms with Crippen LogP contribution in [0.2, 0.25) is 0 Å². The number of allylic oxidation sites excluding steroid dienone is 1. The number of unbranched alkanes of at least 4 members (excludes halogenated alkanes) is 3. The van der Waals surface area contributed by atoms with Gasteiger partial charge in [-0.3, -0.25) is 0 Å². The lowest BCUT2D eigenvalue weighted by molar-refractivity contribution is -0.141. The molecule has 1 fully saturated rings. The summed E-state index contributed by atoms with van der Waals surface area (Å²) in [5.41, 5.74) is 0. The average Bonchev–Trinajstić information content (AvgIpc) is 2.49. The van der Waals surface area contributed by atoms with Crippen LogP contribution >= 0.6 is 0 Å². The van der Waals surface area contributed by atoms with E-state index in [-0.39, 0.29) is 5.92 Å². The number of carbonyl (C=O) groups is 2. The maximum Gasteiger partial charge on any atom is 0.407 e. The van der Waals surface area contributed by atoms with Gasteiger partial charge in [-0.15, -0.1) is 6.58 Å². The Morgan fingerprint density at radius 3 is 2.57 bits per heavy atom. The minimum atomic E-state index is -0.968. The summed E-state index contributed by atoms with van der Waals surface area (Å²) in [6.45, 7) is 3.98. The summed E-state index contributed by atoms with van der Waals surface area (Å²) < 4.78 is 5.05. The van der Waals surface area contributed by atoms with Gasteiger partial charge in [0, 0.05) is 0 Å². The Hall–Kier alpha value is -1.52. The van der Waals surface area contributed by atoms with Gasteiger partial charge in [0.05, 0.1) is 6.61 Å². The van der Waals surface area contributed by atoms with Crippen LogP contribution in [-0.2, 0) is 9.53 Å². The fourth-order valence-corrected chi connectivity index (χ4v) is 2.75. The lowest BCUT2D eigenvalue weighted by Crippen LogP contribution is -2.46. The van der Waals surface area contributed by atoms with E-state index in [0.717, 1.165) is 57.8 Å². The predicted octanol–water partition coefficient (Wildman–Crippen LogP) is 3.49. The minimum Gasteiger partial charge on any atom is -0.480 e. The molecule has 0 aromatic heterocycles. The fourth-order valence-electron chi connectivity index (χ4n) is 2.75. The molecule has 0 radical (unpaired) electrons. The van der Waals surface area contributed by atoms with E-state index in [9.17, 15) is 14.7 Å². The SMILES string of the molecule is C=CCCCCCOC(=O)NC(C(=O)O)C1CCCCC1. The number of amides is 1. The Balaban J connectivity index is 2.25. The third kappa shape index (κ3) is 7.16. The van der Waals surface area contributed by atoms with Gasteiger partial charge in [-0.2, -0.15) is 0 Å². The molecule has 1 atom stereocenters. The monoisotopic (exact) mass is 297 g/mol. The number of carboxylic acids is 1. The topological polar surface area (TPSA) is 75.6 Å². The van der Waals surface area contributed by atoms with E-state index in [4.69, 9.17) is 4.74 Å². The molecule has 0 heterocycles. The van der Waals surface area contributed by atoms with Gasteiger partial charge in [0.25, 0.3) is 0 Å². The zero-order chi connectivity index (χ0) is 15.5. The highest BCUT2D eigenvalue weighted by Crippen LogP contribution is 2.26. The van der Waals surface area contributed by atoms with Crippen LogP contribution in [0.5, 0.6) is 0 Å². The summed E-state index contributed by atoms with van der Waals surface area (Å²) in [7, 11) is 0. The Labute approximate surface area is 126 Å². The van der Waals surface area contributed by atoms with Gasteiger partial charge >= 0.3 is 12.1 Å². The van der Waals surface area contributed by atoms with Gasteiger partial charge < -0.3 is 15.2 Å². The number of carboxylic acid groups (broad SMARTS) is 1. The quantitative estimate of drug-likeness (QED) is 0.504. The summed E-state index contributed by atoms with van der Waals surface area (Å²) in [5.74, 6) is -0.943. The molecule has 0 spiro atoms. The van der Waals surface area contributed by atoms with Crippen LogP contribution in [0.1, 0.15) is 57.8 Å². The van der Waals surface area contributed by atoms with Crippen LogP contribution < -0.4 is 5.32 Å². The summed E-state index contributed by atoms with van der Waals surface area (Å²) in [4.78, 5) is 23.0. The van der Waals surface area contributed by atoms with Crippen molar-refractivity contribution in [2.45, 2.75) is 63.8 Å². The first-order chi connectivity index (χ1) is 10.1. The van der Waals surface area contributed by atoms with Crippen molar-refractivity contribution in [3.8, 4) is 0 Å². The maximum atomic E-state index is 11.7. The normalized spacial score (nSPS) is 17.0. The molecule has 0 bridgehead atoms. The van der Waals surface area contributed by atoms with E-state index in [0.29, 0.717) is 6.61 Å². The summed E-state index contributed by atoms with van der Waals surface area (Å²) in [5, 5.41) is 11.8. The zero-order valence-electron chi connectivity index (χ0n) is 12.7. The first-order valence-corrected chi connectivity index (χ1v) is 7.92. The van der Waals surface area contributed by atoms with Gasteiger partial charge in [-0.1, -0.05) is 25.3 Å². The summed E-state index contributed by atoms with van der Waals surface area (Å²) in [6.07, 6.45) is 9.97. The van der Waals surface area contributed by atoms with Crippen molar-refractivity contribution in [3.05, 3.63) is 12.7 Å². The number of alkyl carbamates (subject to hydrolysis) is 1. The van der Waals surface area contributed by atoms with Crippen LogP contribution in [0.25, 0.3) is 0 Å². The first kappa shape index (κ1) is 17.5. The van der Waals surface area contributed by atoms with Crippen molar-refractivity contribution in [1.82, 2.24) is 5.32 Å². The van der Waals surface area contributed by atoms with Crippen molar-refractivity contribution in [1.29, 1.82) is 0 Å². The number of hydrogen-bond donors (Lipinski definition) is 2. The van der Waals surface area contributed by atoms with Crippen LogP contribution in [0.15, 0.2) is 12.7 Å². The molecule has 0 saturated heterocycles. The van der Waals surface area contributed by atoms with Crippen LogP contribution in [-0.4, -0.2) is 29.8 Å². The molecule has 0 aliphatic heterocycles. The van der Waals surface area contributed by atoms with Crippen molar-refractivity contribution in [2.75, 3.05) is 6.61 Å². The lowest BCUT2D eigenvalue weighted by atomic mass is 9.84. The first-order valence-electron chi connectivity index (χ1n) is 7.92. The molecule has 2 N–H and O–H groups in total. The van der Waals surface area contributed by atoms with Crippen LogP contribution in [0.4, 0.5) is 4.79 Å². The van der Waals surface area contributed by atoms with Gasteiger partial charge in [0.1, 0.15) is 6.04 Å². The smallest absolute Gasteiger partial charge is 0.407 e. The molecule has 21 heavy (non-hydrogen) atoms. The number of rotatable bonds is 9. The van der Waals surface area contributed by atoms with E-state index < -0.39 is 18.1 Å². The van der Waals surface area contributed by atoms with E-state index in [1.165, 1.54) is 0 Å². The number of ether oxygens (including phenoxy) is 1. The van der Waals surface area contributed by atoms with Crippen molar-refractivity contribution < 1.29 is 19.4 Å². The van der Waals surface area contributed by atoms with Gasteiger partial charge in [0.2, 0.25) is 0 Å². The predicted molar refractivity (Wildman–Crippen MR) is 81.1 cm³/mol. The standard InChI is InChI=1S/C16H27NO4/c1-2-3-4-5-9-12-21-16(20)17-14(15(18)19)13-10-7-6-8-11-13/h2,13-14H,1,3-12H2,(H,17,20)(H,18,19). The Morgan fingerprint density at radius 2 is 1.95 bits per heavy atom. The number of carbonyl (C=O) groups excluding carboxylic acids is 1. The largest absolute Gasteiger partial charge is 0.480 e. The second-order valence-corrected chi connectivity index (χ2v) is 5.63. The number of nitrogens with one attached hydrogen (secondary N) is 1. The lowest BCUT2D eigenvalue weighted by Gasteiger charge is -2.27. The van der Waals surface area contributed by atoms with Crippen LogP contribution in [0, 0.1) is 5.92 Å². The Kier molecular flexibility index (Phi) is 8.55. The van der Waals surface area contributed by atoms with E-state index in [1.54, 1.807) is 0 Å². The van der Waals surface area contributed by atoms with Crippen molar-refractivity contribution in [2.24, 2.45) is 5.92 Å². The highest BCUT2D eigenvalue weighted by atomic mass is 16.5. The van der Waals surface area contributed by atoms with Gasteiger partial charge in [-0.25, -0.2) is 9.59 Å². The second kappa shape index (κ2) is 10.2. The van der Waals surface area contributed by atoms with E-state index in [1.807, 2.05) is 6.08 Å². The van der Waals surface area contributed by atoms with E-state index in [2.05, 4.69) is 11.9 Å². The highest BCUT2D eigenvalue weighted by Gasteiger charge is 2.31. The minimum absolute atomic E-state index is 0.0244. The molecule has 1 aliphatic rings. The second-order valence-electron chi connectivity index (χ2n) is 5.63. The highest BCUT2D eigenvalue weighted by molar-refractivity contribution is 5.80. The van der Waals surface area contributed by atoms with Crippen molar-refractivity contribution in [3.63, 3.8) is 0 Å². The Morgan fingerprint density at radius 1 is 1.24 bits per heavy atom. The number of hydrogen-bond acceptors (Lipinski definition) is 3. The van der Waals surface area contributed by atoms with Gasteiger partial charge in [0.15, 0.2) is 0 Å². The molecule has 0 aromatic rings. The number of aliphatic carboxylic acids is 1. The fraction of sp³-hybridized carbons (Fsp3) is 0.750. The van der Waals surface area contributed by atoms with Gasteiger partial charge in [-0.05, 0) is 44.4 Å². The van der Waals surface area contributed by atoms with Crippen LogP contribution in [0.3, 0.4) is 0 Å². The average molecular weight is 297 g/mol. The summed E-state index contributed by atoms with van der Waals surface area (Å²) in [6, 6.07) is -0.821. The molecule has 0 aromatic carbocycles.